The first kappa shape index (κ1) is 44.3. The fourth-order valence-corrected chi connectivity index (χ4v) is 11.0. The fourth-order valence-electron chi connectivity index (χ4n) is 11.0. The summed E-state index contributed by atoms with van der Waals surface area (Å²) in [5.41, 5.74) is -7.21. The van der Waals surface area contributed by atoms with E-state index in [4.69, 9.17) is 33.2 Å². The van der Waals surface area contributed by atoms with Crippen molar-refractivity contribution in [1.29, 1.82) is 0 Å². The number of esters is 3. The summed E-state index contributed by atoms with van der Waals surface area (Å²) in [6.45, 7) is 7.43. The van der Waals surface area contributed by atoms with Crippen molar-refractivity contribution in [2.24, 2.45) is 16.7 Å². The van der Waals surface area contributed by atoms with Crippen LogP contribution in [0.2, 0.25) is 0 Å². The summed E-state index contributed by atoms with van der Waals surface area (Å²) in [6, 6.07) is 23.6. The Morgan fingerprint density at radius 2 is 1.49 bits per heavy atom. The van der Waals surface area contributed by atoms with E-state index >= 15 is 4.79 Å². The van der Waals surface area contributed by atoms with Crippen LogP contribution in [0.1, 0.15) is 79.8 Å². The summed E-state index contributed by atoms with van der Waals surface area (Å²) < 4.78 is 43.0. The van der Waals surface area contributed by atoms with Gasteiger partial charge in [-0.1, -0.05) is 80.6 Å². The molecule has 15 heteroatoms. The molecule has 334 valence electrons. The van der Waals surface area contributed by atoms with Crippen molar-refractivity contribution in [3.05, 3.63) is 119 Å². The molecule has 3 N–H and O–H groups in total. The van der Waals surface area contributed by atoms with E-state index in [1.807, 2.05) is 0 Å². The molecule has 0 unspecified atom stereocenters. The van der Waals surface area contributed by atoms with Crippen molar-refractivity contribution in [1.82, 2.24) is 5.32 Å². The van der Waals surface area contributed by atoms with Crippen molar-refractivity contribution in [3.8, 4) is 0 Å². The van der Waals surface area contributed by atoms with Gasteiger partial charge in [0.05, 0.1) is 42.3 Å². The second kappa shape index (κ2) is 16.4. The Morgan fingerprint density at radius 1 is 0.889 bits per heavy atom. The first-order chi connectivity index (χ1) is 30.0. The number of Topliss-reactive ketones (excluding diaryl/α,β-unsaturated/α-hetero) is 1. The van der Waals surface area contributed by atoms with E-state index in [2.05, 4.69) is 5.32 Å². The average molecular weight is 868 g/mol. The highest BCUT2D eigenvalue weighted by molar-refractivity contribution is 6.00. The molecule has 11 atom stereocenters. The van der Waals surface area contributed by atoms with Crippen LogP contribution in [0.3, 0.4) is 0 Å². The molecule has 63 heavy (non-hydrogen) atoms. The SMILES string of the molecule is COCO[C@H]1C[C@H]2OC[C@@]2(OC(C)=O)[C@H]2[C@H](OC(=O)c3ccccc3)[C@]3(O)C[C@H](OC(=O)[C@H](O)[C@@H](NC(=O)c4ccccc4)c4ccccc4)C(C)=C(C3(C)C)[C@@]3(CO3)C(=O)[C@]12C. The number of benzene rings is 3. The number of ketones is 1. The number of nitrogens with one attached hydrogen (secondary N) is 1. The Balaban J connectivity index is 1.27. The number of carbonyl (C=O) groups excluding carboxylic acids is 5. The van der Waals surface area contributed by atoms with Gasteiger partial charge in [0.25, 0.3) is 5.91 Å². The predicted molar refractivity (Wildman–Crippen MR) is 222 cm³/mol. The van der Waals surface area contributed by atoms with Crippen molar-refractivity contribution in [2.75, 3.05) is 27.1 Å². The number of aliphatic hydroxyl groups excluding tert-OH is 1. The molecule has 2 saturated heterocycles. The zero-order chi connectivity index (χ0) is 45.1. The van der Waals surface area contributed by atoms with Gasteiger partial charge >= 0.3 is 17.9 Å². The van der Waals surface area contributed by atoms with Gasteiger partial charge in [0, 0.05) is 37.9 Å². The number of amides is 1. The quantitative estimate of drug-likeness (QED) is 0.0768. The standard InChI is InChI=1S/C48H53NO14/c1-27-32(61-42(54)36(51)35(29-16-10-7-11-17-29)49-40(52)30-18-12-8-13-19-30)23-48(56)39(62-41(53)31-20-14-9-15-21-31)38-45(5,43(55)47(25-60-47)37(27)44(48,3)4)33(59-26-57-6)22-34-46(38,24-58-34)63-28(2)50/h7-21,32-36,38-39,51,56H,22-26H2,1-6H3,(H,49,52)/t32-,33-,34+,35-,36+,38-,39-,45+,46-,47-,48+/m0/s1. The summed E-state index contributed by atoms with van der Waals surface area (Å²) in [6.07, 6.45) is -7.19. The second-order valence-corrected chi connectivity index (χ2v) is 18.0. The third kappa shape index (κ3) is 7.09. The molecular formula is C48H53NO14. The van der Waals surface area contributed by atoms with Crippen LogP contribution in [-0.4, -0.2) is 114 Å². The lowest BCUT2D eigenvalue weighted by Crippen LogP contribution is -2.82. The van der Waals surface area contributed by atoms with Gasteiger partial charge in [-0.05, 0) is 54.8 Å². The second-order valence-electron chi connectivity index (χ2n) is 18.0. The molecule has 0 aromatic heterocycles. The van der Waals surface area contributed by atoms with E-state index in [9.17, 15) is 29.4 Å². The van der Waals surface area contributed by atoms with Crippen molar-refractivity contribution >= 4 is 29.6 Å². The molecule has 1 amide bonds. The average Bonchev–Trinajstić information content (AvgIpc) is 4.06. The minimum Gasteiger partial charge on any atom is -0.456 e. The molecule has 3 aromatic rings. The number of epoxide rings is 1. The van der Waals surface area contributed by atoms with E-state index in [1.54, 1.807) is 119 Å². The zero-order valence-electron chi connectivity index (χ0n) is 36.0. The number of ether oxygens (including phenoxy) is 7. The summed E-state index contributed by atoms with van der Waals surface area (Å²) in [5.74, 6) is -5.06. The summed E-state index contributed by atoms with van der Waals surface area (Å²) in [4.78, 5) is 71.3. The molecule has 15 nitrogen and oxygen atoms in total. The Bertz CT molecular complexity index is 2300. The first-order valence-corrected chi connectivity index (χ1v) is 21.1. The molecular weight excluding hydrogens is 815 g/mol. The Hall–Kier alpha value is -5.29. The number of hydrogen-bond acceptors (Lipinski definition) is 14. The Morgan fingerprint density at radius 3 is 2.05 bits per heavy atom. The van der Waals surface area contributed by atoms with Crippen molar-refractivity contribution in [2.45, 2.75) is 101 Å². The fraction of sp³-hybridized carbons (Fsp3) is 0.479. The van der Waals surface area contributed by atoms with Crippen LogP contribution in [0, 0.1) is 16.7 Å². The van der Waals surface area contributed by atoms with E-state index in [0.29, 0.717) is 22.3 Å². The van der Waals surface area contributed by atoms with Crippen LogP contribution in [0.25, 0.3) is 0 Å². The Kier molecular flexibility index (Phi) is 11.5. The van der Waals surface area contributed by atoms with E-state index in [0.717, 1.165) is 0 Å². The molecule has 2 saturated carbocycles. The van der Waals surface area contributed by atoms with Gasteiger partial charge < -0.3 is 48.7 Å². The molecule has 3 aromatic carbocycles. The Labute approximate surface area is 365 Å². The monoisotopic (exact) mass is 867 g/mol. The van der Waals surface area contributed by atoms with Crippen molar-refractivity contribution in [3.63, 3.8) is 0 Å². The largest absolute Gasteiger partial charge is 0.456 e. The minimum absolute atomic E-state index is 0.0756. The lowest BCUT2D eigenvalue weighted by Gasteiger charge is -2.68. The molecule has 4 fully saturated rings. The van der Waals surface area contributed by atoms with Gasteiger partial charge in [0.15, 0.2) is 23.1 Å². The topological polar surface area (TPSA) is 206 Å². The lowest BCUT2D eigenvalue weighted by atomic mass is 9.43. The molecule has 8 rings (SSSR count). The van der Waals surface area contributed by atoms with Crippen LogP contribution >= 0.6 is 0 Å². The number of hydrogen-bond donors (Lipinski definition) is 3. The number of fused-ring (bicyclic) bond motifs is 6. The third-order valence-electron chi connectivity index (χ3n) is 14.1. The first-order valence-electron chi connectivity index (χ1n) is 21.1. The predicted octanol–water partition coefficient (Wildman–Crippen LogP) is 4.20. The molecule has 2 bridgehead atoms. The van der Waals surface area contributed by atoms with E-state index < -0.39 is 106 Å². The maximum Gasteiger partial charge on any atom is 0.338 e. The third-order valence-corrected chi connectivity index (χ3v) is 14.1. The summed E-state index contributed by atoms with van der Waals surface area (Å²) in [7, 11) is 1.43. The molecule has 2 heterocycles. The molecule has 3 aliphatic carbocycles. The molecule has 0 radical (unpaired) electrons. The zero-order valence-corrected chi connectivity index (χ0v) is 36.0. The van der Waals surface area contributed by atoms with Gasteiger partial charge in [-0.25, -0.2) is 9.59 Å². The highest BCUT2D eigenvalue weighted by Crippen LogP contribution is 2.68. The maximum absolute atomic E-state index is 15.9. The molecule has 5 aliphatic rings. The summed E-state index contributed by atoms with van der Waals surface area (Å²) in [5, 5.41) is 28.5. The molecule has 1 spiro atoms. The highest BCUT2D eigenvalue weighted by atomic mass is 16.7. The maximum atomic E-state index is 15.9. The van der Waals surface area contributed by atoms with Crippen LogP contribution in [-0.2, 0) is 47.5 Å². The number of rotatable bonds is 12. The van der Waals surface area contributed by atoms with E-state index in [-0.39, 0.29) is 32.0 Å². The van der Waals surface area contributed by atoms with Crippen molar-refractivity contribution < 1.29 is 67.3 Å². The smallest absolute Gasteiger partial charge is 0.338 e. The molecule has 2 aliphatic heterocycles. The summed E-state index contributed by atoms with van der Waals surface area (Å²) >= 11 is 0. The van der Waals surface area contributed by atoms with E-state index in [1.165, 1.54) is 14.0 Å². The van der Waals surface area contributed by atoms with Crippen LogP contribution < -0.4 is 5.32 Å². The minimum atomic E-state index is -2.23. The van der Waals surface area contributed by atoms with Crippen LogP contribution in [0.4, 0.5) is 0 Å². The van der Waals surface area contributed by atoms with Crippen LogP contribution in [0.15, 0.2) is 102 Å². The van der Waals surface area contributed by atoms with Gasteiger partial charge in [0.2, 0.25) is 0 Å². The number of carbonyl (C=O) groups is 5. The lowest BCUT2D eigenvalue weighted by molar-refractivity contribution is -0.351. The van der Waals surface area contributed by atoms with Gasteiger partial charge in [0.1, 0.15) is 30.7 Å². The number of aliphatic hydroxyl groups is 2. The van der Waals surface area contributed by atoms with Crippen LogP contribution in [0.5, 0.6) is 0 Å². The highest BCUT2D eigenvalue weighted by Gasteiger charge is 2.82. The van der Waals surface area contributed by atoms with Gasteiger partial charge in [-0.15, -0.1) is 0 Å². The van der Waals surface area contributed by atoms with Gasteiger partial charge in [-0.2, -0.15) is 0 Å². The normalized spacial score (nSPS) is 33.5. The number of methoxy groups -OCH3 is 1. The van der Waals surface area contributed by atoms with Gasteiger partial charge in [-0.3, -0.25) is 14.4 Å².